The highest BCUT2D eigenvalue weighted by molar-refractivity contribution is 6.31. The highest BCUT2D eigenvalue weighted by atomic mass is 35.5. The molecule has 0 bridgehead atoms. The normalized spacial score (nSPS) is 12.6. The lowest BCUT2D eigenvalue weighted by atomic mass is 10.1. The smallest absolute Gasteiger partial charge is 0.0471 e. The third-order valence-electron chi connectivity index (χ3n) is 2.98. The minimum Gasteiger partial charge on any atom is -0.374 e. The Bertz CT molecular complexity index is 339. The molecule has 0 spiro atoms. The van der Waals surface area contributed by atoms with Gasteiger partial charge in [-0.15, -0.1) is 0 Å². The Morgan fingerprint density at radius 1 is 1.44 bits per heavy atom. The molecule has 2 N–H and O–H groups in total. The van der Waals surface area contributed by atoms with E-state index in [4.69, 9.17) is 17.3 Å². The van der Waals surface area contributed by atoms with Gasteiger partial charge in [-0.2, -0.15) is 0 Å². The molecular formula is C13H21ClN2. The molecule has 1 rings (SSSR count). The molecule has 0 saturated heterocycles. The van der Waals surface area contributed by atoms with Crippen molar-refractivity contribution >= 4 is 17.3 Å². The predicted molar refractivity (Wildman–Crippen MR) is 72.1 cm³/mol. The first kappa shape index (κ1) is 13.3. The predicted octanol–water partition coefficient (Wildman–Crippen LogP) is 3.28. The van der Waals surface area contributed by atoms with Crippen molar-refractivity contribution < 1.29 is 0 Å². The van der Waals surface area contributed by atoms with Crippen molar-refractivity contribution in [2.75, 3.05) is 18.5 Å². The van der Waals surface area contributed by atoms with Gasteiger partial charge in [0, 0.05) is 30.8 Å². The van der Waals surface area contributed by atoms with Crippen molar-refractivity contribution in [1.29, 1.82) is 0 Å². The summed E-state index contributed by atoms with van der Waals surface area (Å²) >= 11 is 6.14. The van der Waals surface area contributed by atoms with E-state index in [1.54, 1.807) is 0 Å². The summed E-state index contributed by atoms with van der Waals surface area (Å²) in [5.41, 5.74) is 7.74. The quantitative estimate of drug-likeness (QED) is 0.856. The van der Waals surface area contributed by atoms with Crippen LogP contribution in [0.5, 0.6) is 0 Å². The molecule has 1 aromatic carbocycles. The van der Waals surface area contributed by atoms with Crippen LogP contribution in [-0.2, 0) is 6.54 Å². The number of anilines is 1. The van der Waals surface area contributed by atoms with E-state index in [9.17, 15) is 0 Å². The number of halogens is 1. The van der Waals surface area contributed by atoms with Gasteiger partial charge in [0.05, 0.1) is 0 Å². The van der Waals surface area contributed by atoms with Crippen LogP contribution in [0, 0.1) is 5.92 Å². The van der Waals surface area contributed by atoms with Crippen molar-refractivity contribution in [2.45, 2.75) is 26.8 Å². The van der Waals surface area contributed by atoms with Crippen LogP contribution in [0.2, 0.25) is 5.02 Å². The van der Waals surface area contributed by atoms with Crippen LogP contribution < -0.4 is 10.6 Å². The van der Waals surface area contributed by atoms with Gasteiger partial charge in [-0.25, -0.2) is 0 Å². The van der Waals surface area contributed by atoms with Gasteiger partial charge in [-0.1, -0.05) is 37.9 Å². The lowest BCUT2D eigenvalue weighted by molar-refractivity contribution is 0.560. The molecule has 0 aliphatic rings. The summed E-state index contributed by atoms with van der Waals surface area (Å²) in [4.78, 5) is 2.24. The first-order valence-corrected chi connectivity index (χ1v) is 6.15. The summed E-state index contributed by atoms with van der Waals surface area (Å²) in [6, 6.07) is 6.08. The number of nitrogens with two attached hydrogens (primary N) is 1. The van der Waals surface area contributed by atoms with Crippen LogP contribution in [0.25, 0.3) is 0 Å². The van der Waals surface area contributed by atoms with Crippen molar-refractivity contribution in [3.63, 3.8) is 0 Å². The van der Waals surface area contributed by atoms with Crippen LogP contribution >= 0.6 is 11.6 Å². The summed E-state index contributed by atoms with van der Waals surface area (Å²) in [5.74, 6) is 0.693. The molecule has 0 aromatic heterocycles. The van der Waals surface area contributed by atoms with E-state index in [2.05, 4.69) is 31.9 Å². The van der Waals surface area contributed by atoms with Gasteiger partial charge in [0.1, 0.15) is 0 Å². The number of nitrogens with zero attached hydrogens (tertiary/aromatic N) is 1. The summed E-state index contributed by atoms with van der Waals surface area (Å²) in [5, 5.41) is 0.760. The van der Waals surface area contributed by atoms with E-state index in [0.717, 1.165) is 22.8 Å². The topological polar surface area (TPSA) is 29.3 Å². The molecule has 3 heteroatoms. The van der Waals surface area contributed by atoms with E-state index < -0.39 is 0 Å². The maximum Gasteiger partial charge on any atom is 0.0471 e. The molecule has 0 radical (unpaired) electrons. The van der Waals surface area contributed by atoms with E-state index in [1.807, 2.05) is 12.1 Å². The zero-order chi connectivity index (χ0) is 12.1. The Labute approximate surface area is 103 Å². The lowest BCUT2D eigenvalue weighted by Crippen LogP contribution is -2.23. The van der Waals surface area contributed by atoms with Gasteiger partial charge in [-0.3, -0.25) is 0 Å². The first-order valence-electron chi connectivity index (χ1n) is 5.78. The molecule has 0 amide bonds. The fraction of sp³-hybridized carbons (Fsp3) is 0.538. The summed E-state index contributed by atoms with van der Waals surface area (Å²) in [6.07, 6.45) is 1.19. The van der Waals surface area contributed by atoms with Crippen LogP contribution in [0.3, 0.4) is 0 Å². The summed E-state index contributed by atoms with van der Waals surface area (Å²) < 4.78 is 0. The molecule has 0 fully saturated rings. The van der Waals surface area contributed by atoms with E-state index in [1.165, 1.54) is 6.42 Å². The minimum absolute atomic E-state index is 0.494. The summed E-state index contributed by atoms with van der Waals surface area (Å²) in [7, 11) is 2.10. The Hall–Kier alpha value is -0.730. The number of hydrogen-bond donors (Lipinski definition) is 1. The third-order valence-corrected chi connectivity index (χ3v) is 3.33. The minimum atomic E-state index is 0.494. The maximum atomic E-state index is 6.14. The number of hydrogen-bond acceptors (Lipinski definition) is 2. The SMILES string of the molecule is CCC(C)CN(C)c1ccc(CN)c(Cl)c1. The molecule has 1 atom stereocenters. The lowest BCUT2D eigenvalue weighted by Gasteiger charge is -2.23. The second-order valence-corrected chi connectivity index (χ2v) is 4.78. The van der Waals surface area contributed by atoms with Crippen molar-refractivity contribution in [3.05, 3.63) is 28.8 Å². The molecule has 0 heterocycles. The Balaban J connectivity index is 2.76. The molecular weight excluding hydrogens is 220 g/mol. The largest absolute Gasteiger partial charge is 0.374 e. The Morgan fingerprint density at radius 3 is 2.62 bits per heavy atom. The molecule has 0 saturated carbocycles. The second kappa shape index (κ2) is 6.12. The molecule has 0 aliphatic heterocycles. The van der Waals surface area contributed by atoms with Crippen molar-refractivity contribution in [3.8, 4) is 0 Å². The average molecular weight is 241 g/mol. The zero-order valence-electron chi connectivity index (χ0n) is 10.3. The highest BCUT2D eigenvalue weighted by Crippen LogP contribution is 2.23. The number of rotatable bonds is 5. The van der Waals surface area contributed by atoms with E-state index in [-0.39, 0.29) is 0 Å². The fourth-order valence-electron chi connectivity index (χ4n) is 1.64. The van der Waals surface area contributed by atoms with Gasteiger partial charge >= 0.3 is 0 Å². The monoisotopic (exact) mass is 240 g/mol. The highest BCUT2D eigenvalue weighted by Gasteiger charge is 2.07. The van der Waals surface area contributed by atoms with E-state index >= 15 is 0 Å². The van der Waals surface area contributed by atoms with E-state index in [0.29, 0.717) is 12.5 Å². The van der Waals surface area contributed by atoms with Gasteiger partial charge in [0.2, 0.25) is 0 Å². The maximum absolute atomic E-state index is 6.14. The molecule has 90 valence electrons. The molecule has 1 aromatic rings. The molecule has 2 nitrogen and oxygen atoms in total. The van der Waals surface area contributed by atoms with Gasteiger partial charge in [0.15, 0.2) is 0 Å². The van der Waals surface area contributed by atoms with Gasteiger partial charge in [-0.05, 0) is 23.6 Å². The molecule has 0 aliphatic carbocycles. The van der Waals surface area contributed by atoms with Crippen LogP contribution in [-0.4, -0.2) is 13.6 Å². The summed E-state index contributed by atoms with van der Waals surface area (Å²) in [6.45, 7) is 6.01. The number of benzene rings is 1. The average Bonchev–Trinajstić information content (AvgIpc) is 2.28. The second-order valence-electron chi connectivity index (χ2n) is 4.37. The van der Waals surface area contributed by atoms with Crippen LogP contribution in [0.1, 0.15) is 25.8 Å². The Morgan fingerprint density at radius 2 is 2.12 bits per heavy atom. The van der Waals surface area contributed by atoms with Crippen LogP contribution in [0.15, 0.2) is 18.2 Å². The fourth-order valence-corrected chi connectivity index (χ4v) is 1.89. The first-order chi connectivity index (χ1) is 7.58. The van der Waals surface area contributed by atoms with Gasteiger partial charge < -0.3 is 10.6 Å². The van der Waals surface area contributed by atoms with Crippen molar-refractivity contribution in [2.24, 2.45) is 11.7 Å². The van der Waals surface area contributed by atoms with Crippen molar-refractivity contribution in [1.82, 2.24) is 0 Å². The Kier molecular flexibility index (Phi) is 5.10. The van der Waals surface area contributed by atoms with Gasteiger partial charge in [0.25, 0.3) is 0 Å². The zero-order valence-corrected chi connectivity index (χ0v) is 11.1. The molecule has 1 unspecified atom stereocenters. The van der Waals surface area contributed by atoms with Crippen LogP contribution in [0.4, 0.5) is 5.69 Å². The third kappa shape index (κ3) is 3.39. The molecule has 16 heavy (non-hydrogen) atoms. The standard InChI is InChI=1S/C13H21ClN2/c1-4-10(2)9-16(3)12-6-5-11(8-15)13(14)7-12/h5-7,10H,4,8-9,15H2,1-3H3.